The van der Waals surface area contributed by atoms with Gasteiger partial charge in [-0.25, -0.2) is 5.10 Å². The average molecular weight is 698 g/mol. The molecule has 6 rings (SSSR count). The number of nitriles is 1. The molecule has 1 saturated carbocycles. The first kappa shape index (κ1) is 36.1. The van der Waals surface area contributed by atoms with E-state index >= 15 is 0 Å². The van der Waals surface area contributed by atoms with E-state index in [0.717, 1.165) is 35.1 Å². The Balaban J connectivity index is 1.38. The molecule has 51 heavy (non-hydrogen) atoms. The molecule has 0 radical (unpaired) electrons. The van der Waals surface area contributed by atoms with E-state index < -0.39 is 22.7 Å². The average Bonchev–Trinajstić information content (AvgIpc) is 3.46. The number of likely N-dealkylation sites (tertiary alicyclic amines) is 1. The number of aromatic nitrogens is 4. The van der Waals surface area contributed by atoms with Crippen LogP contribution in [-0.4, -0.2) is 102 Å². The Morgan fingerprint density at radius 3 is 2.04 bits per heavy atom. The highest BCUT2D eigenvalue weighted by Gasteiger charge is 2.54. The van der Waals surface area contributed by atoms with Gasteiger partial charge in [-0.1, -0.05) is 12.1 Å². The van der Waals surface area contributed by atoms with E-state index in [1.54, 1.807) is 44.7 Å². The monoisotopic (exact) mass is 697 g/mol. The smallest absolute Gasteiger partial charge is 0.251 e. The van der Waals surface area contributed by atoms with Crippen LogP contribution in [0.1, 0.15) is 103 Å². The molecule has 14 heteroatoms. The lowest BCUT2D eigenvalue weighted by molar-refractivity contribution is -0.131. The quantitative estimate of drug-likeness (QED) is 0.161. The highest BCUT2D eigenvalue weighted by atomic mass is 16.3. The largest absolute Gasteiger partial charge is 0.389 e. The Morgan fingerprint density at radius 2 is 1.55 bits per heavy atom. The molecule has 2 aromatic carbocycles. The summed E-state index contributed by atoms with van der Waals surface area (Å²) < 4.78 is 0. The molecule has 2 aliphatic carbocycles. The molecule has 1 saturated heterocycles. The number of aryl methyl sites for hydroxylation is 2. The summed E-state index contributed by atoms with van der Waals surface area (Å²) in [5, 5.41) is 54.5. The van der Waals surface area contributed by atoms with Gasteiger partial charge in [-0.3, -0.25) is 14.4 Å². The molecule has 1 aromatic heterocycles. The molecule has 6 N–H and O–H groups in total. The van der Waals surface area contributed by atoms with Crippen molar-refractivity contribution < 1.29 is 24.6 Å². The third-order valence-electron chi connectivity index (χ3n) is 10.2. The third kappa shape index (κ3) is 7.66. The third-order valence-corrected chi connectivity index (χ3v) is 10.2. The van der Waals surface area contributed by atoms with Gasteiger partial charge in [0.05, 0.1) is 29.2 Å². The van der Waals surface area contributed by atoms with Crippen LogP contribution in [0.3, 0.4) is 0 Å². The van der Waals surface area contributed by atoms with Crippen LogP contribution in [0.25, 0.3) is 0 Å². The Labute approximate surface area is 297 Å². The van der Waals surface area contributed by atoms with Crippen LogP contribution in [-0.2, 0) is 23.1 Å². The molecule has 3 aliphatic rings. The lowest BCUT2D eigenvalue weighted by Crippen LogP contribution is -2.46. The van der Waals surface area contributed by atoms with Gasteiger partial charge in [0.2, 0.25) is 5.91 Å². The van der Waals surface area contributed by atoms with Crippen LogP contribution < -0.4 is 16.0 Å². The van der Waals surface area contributed by atoms with Crippen LogP contribution in [0.2, 0.25) is 0 Å². The Morgan fingerprint density at radius 1 is 0.980 bits per heavy atom. The fraction of sp³-hybridized carbons (Fsp3) is 0.541. The second-order valence-electron chi connectivity index (χ2n) is 15.6. The number of nitrogens with zero attached hydrogens (tertiary/aromatic N) is 5. The van der Waals surface area contributed by atoms with Gasteiger partial charge in [0.1, 0.15) is 6.04 Å². The number of amides is 3. The summed E-state index contributed by atoms with van der Waals surface area (Å²) >= 11 is 0. The lowest BCUT2D eigenvalue weighted by Gasteiger charge is -2.37. The number of nitrogens with one attached hydrogen (secondary N) is 4. The Kier molecular flexibility index (Phi) is 9.75. The predicted octanol–water partition coefficient (Wildman–Crippen LogP) is 1.52. The molecule has 4 atom stereocenters. The van der Waals surface area contributed by atoms with Gasteiger partial charge >= 0.3 is 0 Å². The van der Waals surface area contributed by atoms with Crippen molar-refractivity contribution in [2.75, 3.05) is 19.6 Å². The molecule has 1 aliphatic heterocycles. The minimum Gasteiger partial charge on any atom is -0.389 e. The van der Waals surface area contributed by atoms with E-state index in [4.69, 9.17) is 0 Å². The van der Waals surface area contributed by atoms with Gasteiger partial charge in [-0.15, -0.1) is 5.10 Å². The zero-order chi connectivity index (χ0) is 36.7. The maximum Gasteiger partial charge on any atom is 0.251 e. The van der Waals surface area contributed by atoms with E-state index in [1.165, 1.54) is 0 Å². The van der Waals surface area contributed by atoms with Crippen LogP contribution >= 0.6 is 0 Å². The molecule has 2 heterocycles. The first-order valence-electron chi connectivity index (χ1n) is 17.6. The van der Waals surface area contributed by atoms with Crippen molar-refractivity contribution in [3.05, 3.63) is 75.6 Å². The molecule has 14 nitrogen and oxygen atoms in total. The summed E-state index contributed by atoms with van der Waals surface area (Å²) in [7, 11) is 0. The van der Waals surface area contributed by atoms with Crippen molar-refractivity contribution >= 4 is 17.7 Å². The van der Waals surface area contributed by atoms with Crippen molar-refractivity contribution in [2.45, 2.75) is 101 Å². The standard InChI is InChI=1S/C37H47N9O5/c1-21(39-18-31(47)46-27(17-38)14-26-15-30(26)46)16-37(34-42-44-45-43-34)28-10-8-24(32(48)40-19-35(2,3)50)12-22(28)6-7-23-13-25(9-11-29(23)37)33(49)41-20-36(4,5)51/h8-13,21,26-27,30,39,50-51H,6-7,14-16,18-20H2,1-5H3,(H,40,48)(H,41,49)(H,42,43,44,45)/t21-,26+,27?,30-/m0/s1. The molecule has 2 fully saturated rings. The number of hydrogen-bond donors (Lipinski definition) is 6. The van der Waals surface area contributed by atoms with E-state index in [9.17, 15) is 29.9 Å². The van der Waals surface area contributed by atoms with Crippen molar-refractivity contribution in [3.8, 4) is 6.07 Å². The maximum atomic E-state index is 13.4. The van der Waals surface area contributed by atoms with Crippen LogP contribution in [0, 0.1) is 17.2 Å². The topological polar surface area (TPSA) is 209 Å². The molecule has 0 bridgehead atoms. The normalized spacial score (nSPS) is 21.0. The number of aliphatic hydroxyl groups is 2. The number of benzene rings is 2. The number of carbonyl (C=O) groups excluding carboxylic acids is 3. The number of rotatable bonds is 12. The van der Waals surface area contributed by atoms with E-state index in [0.29, 0.717) is 42.1 Å². The fourth-order valence-electron chi connectivity index (χ4n) is 7.65. The second kappa shape index (κ2) is 13.8. The van der Waals surface area contributed by atoms with Gasteiger partial charge in [0.25, 0.3) is 11.8 Å². The minimum atomic E-state index is -1.08. The van der Waals surface area contributed by atoms with Crippen molar-refractivity contribution in [2.24, 2.45) is 5.92 Å². The summed E-state index contributed by atoms with van der Waals surface area (Å²) in [6.45, 7) is 8.71. The second-order valence-corrected chi connectivity index (χ2v) is 15.6. The van der Waals surface area contributed by atoms with E-state index in [2.05, 4.69) is 42.6 Å². The number of carbonyl (C=O) groups is 3. The molecular formula is C37H47N9O5. The summed E-state index contributed by atoms with van der Waals surface area (Å²) in [5.74, 6) is 0.155. The first-order valence-corrected chi connectivity index (χ1v) is 17.6. The Hall–Kier alpha value is -4.71. The predicted molar refractivity (Wildman–Crippen MR) is 186 cm³/mol. The fourth-order valence-corrected chi connectivity index (χ4v) is 7.65. The first-order chi connectivity index (χ1) is 24.1. The van der Waals surface area contributed by atoms with Gasteiger partial charge in [0.15, 0.2) is 5.82 Å². The van der Waals surface area contributed by atoms with Crippen LogP contribution in [0.15, 0.2) is 36.4 Å². The van der Waals surface area contributed by atoms with Crippen LogP contribution in [0.4, 0.5) is 0 Å². The summed E-state index contributed by atoms with van der Waals surface area (Å²) in [6.07, 6.45) is 3.16. The van der Waals surface area contributed by atoms with Crippen LogP contribution in [0.5, 0.6) is 0 Å². The highest BCUT2D eigenvalue weighted by Crippen LogP contribution is 2.48. The number of hydrogen-bond acceptors (Lipinski definition) is 10. The molecule has 3 amide bonds. The van der Waals surface area contributed by atoms with Crippen molar-refractivity contribution in [1.29, 1.82) is 5.26 Å². The summed E-state index contributed by atoms with van der Waals surface area (Å²) in [5.41, 5.74) is 1.26. The van der Waals surface area contributed by atoms with Gasteiger partial charge in [-0.05, 0) is 130 Å². The number of fused-ring (bicyclic) bond motifs is 3. The minimum absolute atomic E-state index is 0.0631. The van der Waals surface area contributed by atoms with Gasteiger partial charge in [-0.2, -0.15) is 5.26 Å². The number of aromatic amines is 1. The SMILES string of the molecule is C[C@@H](CC1(c2nnn[nH]2)c2ccc(C(=O)NCC(C)(C)O)cc2CCc2cc(C(=O)NCC(C)(C)O)ccc21)NCC(=O)N1C(C#N)C[C@@H]2C[C@@H]21. The van der Waals surface area contributed by atoms with Gasteiger partial charge < -0.3 is 31.1 Å². The molecular weight excluding hydrogens is 650 g/mol. The van der Waals surface area contributed by atoms with Gasteiger partial charge in [0, 0.05) is 36.3 Å². The molecule has 1 unspecified atom stereocenters. The van der Waals surface area contributed by atoms with E-state index in [-0.39, 0.29) is 49.4 Å². The van der Waals surface area contributed by atoms with Crippen molar-refractivity contribution in [1.82, 2.24) is 41.5 Å². The molecule has 3 aromatic rings. The number of tetrazole rings is 1. The zero-order valence-electron chi connectivity index (χ0n) is 29.8. The number of piperidine rings is 1. The van der Waals surface area contributed by atoms with E-state index in [1.807, 2.05) is 31.2 Å². The zero-order valence-corrected chi connectivity index (χ0v) is 29.8. The number of H-pyrrole nitrogens is 1. The highest BCUT2D eigenvalue weighted by molar-refractivity contribution is 5.95. The molecule has 270 valence electrons. The summed E-state index contributed by atoms with van der Waals surface area (Å²) in [4.78, 5) is 41.6. The maximum absolute atomic E-state index is 13.4. The Bertz CT molecular complexity index is 1760. The van der Waals surface area contributed by atoms with Crippen molar-refractivity contribution in [3.63, 3.8) is 0 Å². The summed E-state index contributed by atoms with van der Waals surface area (Å²) in [6, 6.07) is 12.8. The lowest BCUT2D eigenvalue weighted by atomic mass is 9.67. The molecule has 0 spiro atoms.